The van der Waals surface area contributed by atoms with Gasteiger partial charge in [-0.2, -0.15) is 8.42 Å². The maximum absolute atomic E-state index is 12.6. The topological polar surface area (TPSA) is 95.9 Å². The first-order valence-electron chi connectivity index (χ1n) is 7.89. The Labute approximate surface area is 159 Å². The number of rotatable bonds is 2. The first-order valence-corrected chi connectivity index (χ1v) is 10.1. The minimum Gasteiger partial charge on any atom is -0.311 e. The van der Waals surface area contributed by atoms with E-state index in [0.717, 1.165) is 11.8 Å². The molecule has 2 aromatic carbocycles. The lowest BCUT2D eigenvalue weighted by Gasteiger charge is -2.08. The van der Waals surface area contributed by atoms with Gasteiger partial charge in [0.15, 0.2) is 5.17 Å². The summed E-state index contributed by atoms with van der Waals surface area (Å²) in [6.07, 6.45) is 0. The molecule has 0 spiro atoms. The Balaban J connectivity index is 1.76. The summed E-state index contributed by atoms with van der Waals surface area (Å²) in [6.45, 7) is 0. The van der Waals surface area contributed by atoms with E-state index in [1.54, 1.807) is 49.5 Å². The number of fused-ring (bicyclic) bond motifs is 1. The van der Waals surface area contributed by atoms with E-state index in [9.17, 15) is 18.0 Å². The van der Waals surface area contributed by atoms with Gasteiger partial charge in [-0.25, -0.2) is 0 Å². The van der Waals surface area contributed by atoms with E-state index >= 15 is 0 Å². The molecule has 0 aromatic heterocycles. The third-order valence-electron chi connectivity index (χ3n) is 4.15. The molecule has 0 aliphatic carbocycles. The molecule has 9 heteroatoms. The van der Waals surface area contributed by atoms with Gasteiger partial charge in [-0.15, -0.1) is 4.40 Å². The van der Waals surface area contributed by atoms with E-state index in [2.05, 4.69) is 9.71 Å². The quantitative estimate of drug-likeness (QED) is 0.779. The van der Waals surface area contributed by atoms with Gasteiger partial charge in [0.1, 0.15) is 0 Å². The fourth-order valence-corrected chi connectivity index (χ4v) is 4.97. The minimum absolute atomic E-state index is 0.0236. The van der Waals surface area contributed by atoms with E-state index in [1.807, 2.05) is 0 Å². The van der Waals surface area contributed by atoms with Crippen molar-refractivity contribution in [3.8, 4) is 0 Å². The highest BCUT2D eigenvalue weighted by atomic mass is 32.2. The van der Waals surface area contributed by atoms with Crippen molar-refractivity contribution < 1.29 is 18.0 Å². The van der Waals surface area contributed by atoms with Crippen molar-refractivity contribution in [2.75, 3.05) is 11.9 Å². The van der Waals surface area contributed by atoms with Gasteiger partial charge >= 0.3 is 0 Å². The van der Waals surface area contributed by atoms with Crippen molar-refractivity contribution in [2.24, 2.45) is 4.40 Å². The number of hydrogen-bond donors (Lipinski definition) is 1. The summed E-state index contributed by atoms with van der Waals surface area (Å²) in [7, 11) is -2.34. The normalized spacial score (nSPS) is 20.9. The lowest BCUT2D eigenvalue weighted by Crippen LogP contribution is -2.23. The minimum atomic E-state index is -3.96. The summed E-state index contributed by atoms with van der Waals surface area (Å²) in [6, 6.07) is 14.8. The second kappa shape index (κ2) is 6.36. The zero-order valence-electron chi connectivity index (χ0n) is 14.0. The SMILES string of the molecule is CN1C(=O)/C(=C2\S/C(=N/S(=O)(=O)c3ccccc3)NC2=O)c2ccccc21. The summed E-state index contributed by atoms with van der Waals surface area (Å²) in [4.78, 5) is 26.7. The molecule has 0 bridgehead atoms. The summed E-state index contributed by atoms with van der Waals surface area (Å²) in [5.41, 5.74) is 1.58. The summed E-state index contributed by atoms with van der Waals surface area (Å²) >= 11 is 0.849. The Bertz CT molecular complexity index is 1140. The molecule has 27 heavy (non-hydrogen) atoms. The van der Waals surface area contributed by atoms with Crippen molar-refractivity contribution in [1.29, 1.82) is 0 Å². The van der Waals surface area contributed by atoms with Crippen LogP contribution in [0.1, 0.15) is 5.56 Å². The fourth-order valence-electron chi connectivity index (χ4n) is 2.87. The molecule has 2 heterocycles. The molecule has 4 rings (SSSR count). The second-order valence-corrected chi connectivity index (χ2v) is 8.43. The number of hydrogen-bond acceptors (Lipinski definition) is 5. The van der Waals surface area contributed by atoms with Crippen LogP contribution in [0.4, 0.5) is 5.69 Å². The van der Waals surface area contributed by atoms with Gasteiger partial charge in [-0.1, -0.05) is 36.4 Å². The van der Waals surface area contributed by atoms with Crippen LogP contribution >= 0.6 is 11.8 Å². The predicted molar refractivity (Wildman–Crippen MR) is 104 cm³/mol. The average Bonchev–Trinajstić information content (AvgIpc) is 3.13. The highest BCUT2D eigenvalue weighted by molar-refractivity contribution is 8.19. The molecule has 136 valence electrons. The van der Waals surface area contributed by atoms with E-state index in [1.165, 1.54) is 17.0 Å². The molecule has 2 aliphatic rings. The maximum atomic E-state index is 12.6. The van der Waals surface area contributed by atoms with Crippen LogP contribution in [0.3, 0.4) is 0 Å². The highest BCUT2D eigenvalue weighted by Crippen LogP contribution is 2.41. The Hall–Kier alpha value is -2.91. The largest absolute Gasteiger partial charge is 0.311 e. The number of amidine groups is 1. The second-order valence-electron chi connectivity index (χ2n) is 5.83. The summed E-state index contributed by atoms with van der Waals surface area (Å²) < 4.78 is 28.5. The zero-order valence-corrected chi connectivity index (χ0v) is 15.7. The smallest absolute Gasteiger partial charge is 0.284 e. The van der Waals surface area contributed by atoms with E-state index in [4.69, 9.17) is 0 Å². The number of sulfonamides is 1. The maximum Gasteiger partial charge on any atom is 0.284 e. The van der Waals surface area contributed by atoms with Crippen LogP contribution in [0.2, 0.25) is 0 Å². The van der Waals surface area contributed by atoms with Crippen molar-refractivity contribution in [2.45, 2.75) is 4.90 Å². The lowest BCUT2D eigenvalue weighted by molar-refractivity contribution is -0.116. The zero-order chi connectivity index (χ0) is 19.2. The molecule has 2 amide bonds. The number of para-hydroxylation sites is 1. The van der Waals surface area contributed by atoms with Crippen LogP contribution in [-0.4, -0.2) is 32.4 Å². The monoisotopic (exact) mass is 399 g/mol. The number of benzene rings is 2. The average molecular weight is 399 g/mol. The van der Waals surface area contributed by atoms with Crippen molar-refractivity contribution in [3.63, 3.8) is 0 Å². The molecule has 0 saturated carbocycles. The number of nitrogens with one attached hydrogen (secondary N) is 1. The molecular weight excluding hydrogens is 386 g/mol. The molecule has 1 N–H and O–H groups in total. The van der Waals surface area contributed by atoms with Crippen molar-refractivity contribution >= 4 is 50.0 Å². The summed E-state index contributed by atoms with van der Waals surface area (Å²) in [5.74, 6) is -0.864. The number of amides is 2. The van der Waals surface area contributed by atoms with Crippen molar-refractivity contribution in [3.05, 3.63) is 65.1 Å². The molecule has 0 atom stereocenters. The van der Waals surface area contributed by atoms with Crippen molar-refractivity contribution in [1.82, 2.24) is 5.32 Å². The standard InChI is InChI=1S/C18H13N3O4S2/c1-21-13-10-6-5-9-12(13)14(17(21)23)15-16(22)19-18(26-15)20-27(24,25)11-7-3-2-4-8-11/h2-10H,1H3,(H,19,20,22)/b15-14-. The highest BCUT2D eigenvalue weighted by Gasteiger charge is 2.38. The first kappa shape index (κ1) is 17.5. The van der Waals surface area contributed by atoms with Crippen LogP contribution in [-0.2, 0) is 19.6 Å². The molecule has 1 saturated heterocycles. The molecule has 0 radical (unpaired) electrons. The van der Waals surface area contributed by atoms with Gasteiger partial charge < -0.3 is 4.90 Å². The third-order valence-corrected chi connectivity index (χ3v) is 6.54. The predicted octanol–water partition coefficient (Wildman–Crippen LogP) is 1.98. The van der Waals surface area contributed by atoms with Gasteiger partial charge in [0.25, 0.3) is 21.8 Å². The van der Waals surface area contributed by atoms with Gasteiger partial charge in [0.2, 0.25) is 0 Å². The Morgan fingerprint density at radius 2 is 1.67 bits per heavy atom. The van der Waals surface area contributed by atoms with E-state index < -0.39 is 15.9 Å². The van der Waals surface area contributed by atoms with Crippen LogP contribution in [0.15, 0.2) is 68.8 Å². The fraction of sp³-hybridized carbons (Fsp3) is 0.0556. The Morgan fingerprint density at radius 1 is 1.00 bits per heavy atom. The van der Waals surface area contributed by atoms with E-state index in [-0.39, 0.29) is 26.4 Å². The molecule has 2 aliphatic heterocycles. The number of anilines is 1. The molecule has 2 aromatic rings. The number of thioether (sulfide) groups is 1. The van der Waals surface area contributed by atoms with Gasteiger partial charge in [-0.05, 0) is 30.0 Å². The Morgan fingerprint density at radius 3 is 2.41 bits per heavy atom. The third kappa shape index (κ3) is 2.94. The van der Waals surface area contributed by atoms with Gasteiger partial charge in [0, 0.05) is 12.6 Å². The number of likely N-dealkylation sites (N-methyl/N-ethyl adjacent to an activating group) is 1. The van der Waals surface area contributed by atoms with Gasteiger partial charge in [0.05, 0.1) is 21.1 Å². The number of carbonyl (C=O) groups is 2. The molecule has 1 fully saturated rings. The molecule has 0 unspecified atom stereocenters. The molecular formula is C18H13N3O4S2. The number of nitrogens with zero attached hydrogens (tertiary/aromatic N) is 2. The summed E-state index contributed by atoms with van der Waals surface area (Å²) in [5, 5.41) is 2.36. The van der Waals surface area contributed by atoms with E-state index in [0.29, 0.717) is 11.3 Å². The van der Waals surface area contributed by atoms with Crippen LogP contribution < -0.4 is 10.2 Å². The Kier molecular flexibility index (Phi) is 4.12. The van der Waals surface area contributed by atoms with Gasteiger partial charge in [-0.3, -0.25) is 14.9 Å². The van der Waals surface area contributed by atoms with Crippen LogP contribution in [0.25, 0.3) is 5.57 Å². The first-order chi connectivity index (χ1) is 12.9. The van der Waals surface area contributed by atoms with Crippen LogP contribution in [0, 0.1) is 0 Å². The van der Waals surface area contributed by atoms with Crippen LogP contribution in [0.5, 0.6) is 0 Å². The lowest BCUT2D eigenvalue weighted by atomic mass is 10.1. The number of carbonyl (C=O) groups excluding carboxylic acids is 2. The molecule has 7 nitrogen and oxygen atoms in total.